The maximum atomic E-state index is 11.7. The van der Waals surface area contributed by atoms with Gasteiger partial charge in [0, 0.05) is 12.6 Å². The topological polar surface area (TPSA) is 80.9 Å². The summed E-state index contributed by atoms with van der Waals surface area (Å²) in [4.78, 5) is 12.3. The molecular formula is C9H16N4OS. The molecule has 1 aromatic rings. The Kier molecular flexibility index (Phi) is 4.64. The predicted molar refractivity (Wildman–Crippen MR) is 59.9 cm³/mol. The second-order valence-corrected chi connectivity index (χ2v) is 4.03. The number of carbonyl (C=O) groups is 1. The van der Waals surface area contributed by atoms with Crippen LogP contribution >= 0.6 is 11.5 Å². The van der Waals surface area contributed by atoms with E-state index in [4.69, 9.17) is 5.73 Å². The van der Waals surface area contributed by atoms with Crippen LogP contribution in [0.15, 0.2) is 0 Å². The fourth-order valence-electron chi connectivity index (χ4n) is 1.06. The van der Waals surface area contributed by atoms with Crippen molar-refractivity contribution in [3.8, 4) is 0 Å². The van der Waals surface area contributed by atoms with Crippen LogP contribution in [-0.4, -0.2) is 28.1 Å². The van der Waals surface area contributed by atoms with Crippen LogP contribution in [0, 0.1) is 0 Å². The van der Waals surface area contributed by atoms with Crippen molar-refractivity contribution in [2.24, 2.45) is 5.73 Å². The van der Waals surface area contributed by atoms with Gasteiger partial charge in [-0.2, -0.15) is 0 Å². The zero-order chi connectivity index (χ0) is 11.3. The molecule has 84 valence electrons. The smallest absolute Gasteiger partial charge is 0.265 e. The van der Waals surface area contributed by atoms with Crippen molar-refractivity contribution >= 4 is 17.4 Å². The second-order valence-electron chi connectivity index (χ2n) is 3.28. The molecule has 0 aliphatic heterocycles. The molecule has 1 atom stereocenters. The molecule has 5 nitrogen and oxygen atoms in total. The quantitative estimate of drug-likeness (QED) is 0.772. The molecule has 1 heterocycles. The summed E-state index contributed by atoms with van der Waals surface area (Å²) >= 11 is 1.13. The van der Waals surface area contributed by atoms with Gasteiger partial charge in [0.2, 0.25) is 0 Å². The highest BCUT2D eigenvalue weighted by atomic mass is 32.1. The molecule has 1 unspecified atom stereocenters. The number of nitrogens with one attached hydrogen (secondary N) is 1. The average molecular weight is 228 g/mol. The second kappa shape index (κ2) is 5.77. The van der Waals surface area contributed by atoms with Crippen LogP contribution in [0.25, 0.3) is 0 Å². The van der Waals surface area contributed by atoms with Crippen LogP contribution in [-0.2, 0) is 6.42 Å². The van der Waals surface area contributed by atoms with Crippen molar-refractivity contribution in [2.45, 2.75) is 32.7 Å². The molecule has 0 radical (unpaired) electrons. The SMILES string of the molecule is CCc1nnsc1C(=O)NCC(N)CC. The van der Waals surface area contributed by atoms with E-state index in [1.54, 1.807) is 0 Å². The minimum absolute atomic E-state index is 0.0138. The van der Waals surface area contributed by atoms with E-state index in [9.17, 15) is 4.79 Å². The molecule has 1 aromatic heterocycles. The molecule has 0 fully saturated rings. The van der Waals surface area contributed by atoms with E-state index in [1.807, 2.05) is 13.8 Å². The van der Waals surface area contributed by atoms with Gasteiger partial charge in [0.1, 0.15) is 4.88 Å². The summed E-state index contributed by atoms with van der Waals surface area (Å²) in [5.74, 6) is -0.120. The fraction of sp³-hybridized carbons (Fsp3) is 0.667. The first-order valence-corrected chi connectivity index (χ1v) is 5.81. The molecule has 0 aliphatic carbocycles. The fourth-order valence-corrected chi connectivity index (χ4v) is 1.73. The third kappa shape index (κ3) is 3.24. The summed E-state index contributed by atoms with van der Waals surface area (Å²) in [5, 5.41) is 6.66. The number of nitrogens with zero attached hydrogens (tertiary/aromatic N) is 2. The van der Waals surface area contributed by atoms with E-state index in [2.05, 4.69) is 14.9 Å². The van der Waals surface area contributed by atoms with Gasteiger partial charge in [0.25, 0.3) is 5.91 Å². The highest BCUT2D eigenvalue weighted by Gasteiger charge is 2.14. The van der Waals surface area contributed by atoms with Gasteiger partial charge in [-0.15, -0.1) is 5.10 Å². The van der Waals surface area contributed by atoms with Crippen molar-refractivity contribution < 1.29 is 4.79 Å². The van der Waals surface area contributed by atoms with Crippen LogP contribution < -0.4 is 11.1 Å². The lowest BCUT2D eigenvalue weighted by atomic mass is 10.2. The first kappa shape index (κ1) is 12.1. The number of aromatic nitrogens is 2. The number of nitrogens with two attached hydrogens (primary N) is 1. The molecule has 15 heavy (non-hydrogen) atoms. The Morgan fingerprint density at radius 3 is 2.93 bits per heavy atom. The van der Waals surface area contributed by atoms with Gasteiger partial charge in [-0.25, -0.2) is 0 Å². The first-order valence-electron chi connectivity index (χ1n) is 5.04. The summed E-state index contributed by atoms with van der Waals surface area (Å²) < 4.78 is 3.76. The third-order valence-electron chi connectivity index (χ3n) is 2.15. The van der Waals surface area contributed by atoms with E-state index in [-0.39, 0.29) is 11.9 Å². The van der Waals surface area contributed by atoms with Crippen LogP contribution in [0.2, 0.25) is 0 Å². The summed E-state index contributed by atoms with van der Waals surface area (Å²) in [6, 6.07) is 0.0138. The first-order chi connectivity index (χ1) is 7.19. The standard InChI is InChI=1S/C9H16N4OS/c1-3-6(10)5-11-9(14)8-7(4-2)12-13-15-8/h6H,3-5,10H2,1-2H3,(H,11,14). The summed E-state index contributed by atoms with van der Waals surface area (Å²) in [6.07, 6.45) is 1.57. The molecule has 1 amide bonds. The van der Waals surface area contributed by atoms with E-state index >= 15 is 0 Å². The van der Waals surface area contributed by atoms with Gasteiger partial charge >= 0.3 is 0 Å². The number of hydrogen-bond acceptors (Lipinski definition) is 5. The molecule has 1 rings (SSSR count). The van der Waals surface area contributed by atoms with Gasteiger partial charge in [0.15, 0.2) is 0 Å². The molecule has 6 heteroatoms. The van der Waals surface area contributed by atoms with Crippen molar-refractivity contribution in [2.75, 3.05) is 6.54 Å². The lowest BCUT2D eigenvalue weighted by molar-refractivity contribution is 0.0954. The number of carbonyl (C=O) groups excluding carboxylic acids is 1. The average Bonchev–Trinajstić information content (AvgIpc) is 2.73. The minimum atomic E-state index is -0.120. The third-order valence-corrected chi connectivity index (χ3v) is 2.91. The zero-order valence-electron chi connectivity index (χ0n) is 8.99. The lowest BCUT2D eigenvalue weighted by Gasteiger charge is -2.09. The van der Waals surface area contributed by atoms with E-state index in [0.717, 1.165) is 30.1 Å². The van der Waals surface area contributed by atoms with E-state index in [1.165, 1.54) is 0 Å². The van der Waals surface area contributed by atoms with Crippen molar-refractivity contribution in [1.29, 1.82) is 0 Å². The van der Waals surface area contributed by atoms with Crippen LogP contribution in [0.1, 0.15) is 35.6 Å². The summed E-state index contributed by atoms with van der Waals surface area (Å²) in [5.41, 5.74) is 6.46. The van der Waals surface area contributed by atoms with Crippen LogP contribution in [0.4, 0.5) is 0 Å². The Morgan fingerprint density at radius 1 is 1.60 bits per heavy atom. The lowest BCUT2D eigenvalue weighted by Crippen LogP contribution is -2.36. The van der Waals surface area contributed by atoms with Crippen molar-refractivity contribution in [1.82, 2.24) is 14.9 Å². The maximum Gasteiger partial charge on any atom is 0.265 e. The predicted octanol–water partition coefficient (Wildman–Crippen LogP) is 0.568. The molecule has 0 aromatic carbocycles. The number of amides is 1. The Morgan fingerprint density at radius 2 is 2.33 bits per heavy atom. The molecule has 3 N–H and O–H groups in total. The number of aryl methyl sites for hydroxylation is 1. The summed E-state index contributed by atoms with van der Waals surface area (Å²) in [7, 11) is 0. The van der Waals surface area contributed by atoms with Crippen molar-refractivity contribution in [3.63, 3.8) is 0 Å². The largest absolute Gasteiger partial charge is 0.350 e. The number of hydrogen-bond donors (Lipinski definition) is 2. The van der Waals surface area contributed by atoms with Gasteiger partial charge < -0.3 is 11.1 Å². The van der Waals surface area contributed by atoms with Gasteiger partial charge in [-0.3, -0.25) is 4.79 Å². The molecule has 0 saturated heterocycles. The van der Waals surface area contributed by atoms with Gasteiger partial charge in [-0.1, -0.05) is 18.3 Å². The Bertz CT molecular complexity index is 326. The molecule has 0 saturated carbocycles. The Labute approximate surface area is 93.2 Å². The molecule has 0 bridgehead atoms. The normalized spacial score (nSPS) is 12.5. The molecular weight excluding hydrogens is 212 g/mol. The maximum absolute atomic E-state index is 11.7. The highest BCUT2D eigenvalue weighted by Crippen LogP contribution is 2.10. The molecule has 0 aliphatic rings. The van der Waals surface area contributed by atoms with Gasteiger partial charge in [0.05, 0.1) is 5.69 Å². The Balaban J connectivity index is 2.54. The van der Waals surface area contributed by atoms with E-state index < -0.39 is 0 Å². The van der Waals surface area contributed by atoms with Crippen molar-refractivity contribution in [3.05, 3.63) is 10.6 Å². The monoisotopic (exact) mass is 228 g/mol. The number of rotatable bonds is 5. The van der Waals surface area contributed by atoms with E-state index in [0.29, 0.717) is 11.4 Å². The zero-order valence-corrected chi connectivity index (χ0v) is 9.80. The highest BCUT2D eigenvalue weighted by molar-refractivity contribution is 7.08. The molecule has 0 spiro atoms. The Hall–Kier alpha value is -1.01. The summed E-state index contributed by atoms with van der Waals surface area (Å²) in [6.45, 7) is 4.43. The minimum Gasteiger partial charge on any atom is -0.350 e. The van der Waals surface area contributed by atoms with Crippen LogP contribution in [0.5, 0.6) is 0 Å². The van der Waals surface area contributed by atoms with Gasteiger partial charge in [-0.05, 0) is 24.4 Å². The van der Waals surface area contributed by atoms with Crippen LogP contribution in [0.3, 0.4) is 0 Å².